The monoisotopic (exact) mass is 504 g/mol. The van der Waals surface area contributed by atoms with Crippen LogP contribution in [0.3, 0.4) is 0 Å². The third kappa shape index (κ3) is 42.6. The summed E-state index contributed by atoms with van der Waals surface area (Å²) in [7, 11) is 0. The number of unbranched alkanes of at least 4 members (excludes halogenated alkanes) is 24. The van der Waals surface area contributed by atoms with Gasteiger partial charge in [-0.1, -0.05) is 181 Å². The zero-order valence-corrected chi connectivity index (χ0v) is 24.0. The van der Waals surface area contributed by atoms with Crippen LogP contribution in [0.4, 0.5) is 0 Å². The third-order valence-electron chi connectivity index (χ3n) is 6.45. The first-order valence-electron chi connectivity index (χ1n) is 14.9. The van der Waals surface area contributed by atoms with Gasteiger partial charge in [-0.2, -0.15) is 0 Å². The molecule has 0 unspecified atom stereocenters. The summed E-state index contributed by atoms with van der Waals surface area (Å²) in [6.45, 7) is 15.2. The minimum absolute atomic E-state index is 0. The summed E-state index contributed by atoms with van der Waals surface area (Å²) in [6.07, 6.45) is 39.8. The van der Waals surface area contributed by atoms with Crippen molar-refractivity contribution < 1.29 is 16.5 Å². The van der Waals surface area contributed by atoms with E-state index in [-0.39, 0.29) is 16.5 Å². The minimum atomic E-state index is 0. The summed E-state index contributed by atoms with van der Waals surface area (Å²) in [5.74, 6) is 0. The zero-order valence-electron chi connectivity index (χ0n) is 23.0. The fourth-order valence-electron chi connectivity index (χ4n) is 4.21. The first-order valence-corrected chi connectivity index (χ1v) is 14.9. The van der Waals surface area contributed by atoms with Crippen LogP contribution in [-0.4, -0.2) is 0 Å². The normalized spacial score (nSPS) is 10.2. The molecule has 0 aromatic rings. The van der Waals surface area contributed by atoms with Gasteiger partial charge in [-0.15, -0.1) is 0 Å². The van der Waals surface area contributed by atoms with Crippen LogP contribution in [0.25, 0.3) is 0 Å². The van der Waals surface area contributed by atoms with Crippen LogP contribution in [0.2, 0.25) is 0 Å². The summed E-state index contributed by atoms with van der Waals surface area (Å²) in [4.78, 5) is 0. The second kappa shape index (κ2) is 39.2. The van der Waals surface area contributed by atoms with E-state index in [0.29, 0.717) is 0 Å². The molecular weight excluding hydrogens is 443 g/mol. The van der Waals surface area contributed by atoms with Crippen molar-refractivity contribution in [2.24, 2.45) is 0 Å². The van der Waals surface area contributed by atoms with Crippen LogP contribution in [-0.2, 0) is 16.5 Å². The molecule has 0 saturated carbocycles. The molecule has 0 rings (SSSR count). The smallest absolute Gasteiger partial charge is 0.518 e. The van der Waals surface area contributed by atoms with Crippen molar-refractivity contribution in [1.82, 2.24) is 0 Å². The van der Waals surface area contributed by atoms with Crippen molar-refractivity contribution in [3.63, 3.8) is 0 Å². The summed E-state index contributed by atoms with van der Waals surface area (Å²) in [5, 5.41) is 0. The van der Waals surface area contributed by atoms with Crippen LogP contribution in [0.5, 0.6) is 0 Å². The molecule has 0 nitrogen and oxygen atoms in total. The van der Waals surface area contributed by atoms with Gasteiger partial charge >= 0.3 is 16.5 Å². The Labute approximate surface area is 222 Å². The van der Waals surface area contributed by atoms with Gasteiger partial charge in [0.25, 0.3) is 0 Å². The Balaban J connectivity index is -0.000000529. The SMILES string of the molecule is [CH-]=CCCCCCCCCCCCCCC.[CH-]=CCCCCCCCCCCCCCC.[Ni+2]. The van der Waals surface area contributed by atoms with Gasteiger partial charge in [-0.05, 0) is 0 Å². The van der Waals surface area contributed by atoms with E-state index < -0.39 is 0 Å². The predicted octanol–water partition coefficient (Wildman–Crippen LogP) is 12.1. The maximum atomic E-state index is 5.33. The molecule has 0 saturated heterocycles. The second-order valence-electron chi connectivity index (χ2n) is 9.83. The molecule has 0 heterocycles. The van der Waals surface area contributed by atoms with Crippen molar-refractivity contribution in [2.45, 2.75) is 181 Å². The van der Waals surface area contributed by atoms with Gasteiger partial charge in [0.2, 0.25) is 0 Å². The molecule has 200 valence electrons. The maximum absolute atomic E-state index is 5.33. The molecule has 0 bridgehead atoms. The van der Waals surface area contributed by atoms with E-state index >= 15 is 0 Å². The van der Waals surface area contributed by atoms with E-state index in [1.807, 2.05) is 0 Å². The molecule has 0 aliphatic rings. The van der Waals surface area contributed by atoms with Gasteiger partial charge in [0, 0.05) is 0 Å². The molecule has 0 aromatic heterocycles. The fourth-order valence-corrected chi connectivity index (χ4v) is 4.21. The van der Waals surface area contributed by atoms with Gasteiger partial charge in [-0.25, -0.2) is 0 Å². The van der Waals surface area contributed by atoms with E-state index in [0.717, 1.165) is 12.8 Å². The topological polar surface area (TPSA) is 0 Å². The Hall–Kier alpha value is -0.0265. The molecule has 0 fully saturated rings. The molecule has 0 aromatic carbocycles. The van der Waals surface area contributed by atoms with Crippen LogP contribution < -0.4 is 0 Å². The van der Waals surface area contributed by atoms with Crippen LogP contribution >= 0.6 is 0 Å². The van der Waals surface area contributed by atoms with Gasteiger partial charge in [0.05, 0.1) is 0 Å². The standard InChI is InChI=1S/2C16H31.Ni/c2*1-3-5-7-9-11-13-15-16-14-12-10-8-6-4-2;/h2*1,3H,4-16H2,2H3;/q2*-1;+2. The molecule has 0 radical (unpaired) electrons. The van der Waals surface area contributed by atoms with Crippen molar-refractivity contribution >= 4 is 0 Å². The molecule has 1 heteroatoms. The number of allylic oxidation sites excluding steroid dienone is 2. The summed E-state index contributed by atoms with van der Waals surface area (Å²) >= 11 is 0. The Morgan fingerprint density at radius 3 is 0.697 bits per heavy atom. The first kappa shape index (κ1) is 37.5. The molecule has 0 amide bonds. The van der Waals surface area contributed by atoms with Crippen molar-refractivity contribution in [1.29, 1.82) is 0 Å². The van der Waals surface area contributed by atoms with E-state index in [4.69, 9.17) is 13.2 Å². The zero-order chi connectivity index (χ0) is 23.8. The maximum Gasteiger partial charge on any atom is 2.00 e. The Kier molecular flexibility index (Phi) is 44.6. The third-order valence-corrected chi connectivity index (χ3v) is 6.45. The quantitative estimate of drug-likeness (QED) is 0.0623. The fraction of sp³-hybridized carbons (Fsp3) is 0.875. The molecule has 0 aliphatic heterocycles. The average Bonchev–Trinajstić information content (AvgIpc) is 2.81. The molecule has 33 heavy (non-hydrogen) atoms. The van der Waals surface area contributed by atoms with Gasteiger partial charge < -0.3 is 13.2 Å². The molecule has 0 spiro atoms. The van der Waals surface area contributed by atoms with Crippen LogP contribution in [0, 0.1) is 13.2 Å². The second-order valence-corrected chi connectivity index (χ2v) is 9.83. The summed E-state index contributed by atoms with van der Waals surface area (Å²) in [6, 6.07) is 0. The van der Waals surface area contributed by atoms with E-state index in [9.17, 15) is 0 Å². The predicted molar refractivity (Wildman–Crippen MR) is 149 cm³/mol. The molecule has 0 N–H and O–H groups in total. The Morgan fingerprint density at radius 1 is 0.333 bits per heavy atom. The average molecular weight is 506 g/mol. The van der Waals surface area contributed by atoms with Gasteiger partial charge in [0.15, 0.2) is 0 Å². The molecular formula is C32H62Ni. The summed E-state index contributed by atoms with van der Waals surface area (Å²) in [5.41, 5.74) is 0. The first-order chi connectivity index (χ1) is 15.8. The number of hydrogen-bond acceptors (Lipinski definition) is 0. The Bertz CT molecular complexity index is 290. The number of hydrogen-bond donors (Lipinski definition) is 0. The molecule has 0 aliphatic carbocycles. The van der Waals surface area contributed by atoms with E-state index in [2.05, 4.69) is 13.8 Å². The van der Waals surface area contributed by atoms with Crippen molar-refractivity contribution in [2.75, 3.05) is 0 Å². The van der Waals surface area contributed by atoms with Gasteiger partial charge in [0.1, 0.15) is 0 Å². The van der Waals surface area contributed by atoms with E-state index in [1.54, 1.807) is 12.2 Å². The van der Waals surface area contributed by atoms with E-state index in [1.165, 1.54) is 154 Å². The van der Waals surface area contributed by atoms with Crippen LogP contribution in [0.15, 0.2) is 12.2 Å². The van der Waals surface area contributed by atoms with Crippen molar-refractivity contribution in [3.8, 4) is 0 Å². The summed E-state index contributed by atoms with van der Waals surface area (Å²) < 4.78 is 0. The number of rotatable bonds is 26. The van der Waals surface area contributed by atoms with Crippen molar-refractivity contribution in [3.05, 3.63) is 25.3 Å². The Morgan fingerprint density at radius 2 is 0.515 bits per heavy atom. The minimum Gasteiger partial charge on any atom is -0.518 e. The largest absolute Gasteiger partial charge is 2.00 e. The van der Waals surface area contributed by atoms with Crippen LogP contribution in [0.1, 0.15) is 181 Å². The molecule has 0 atom stereocenters. The van der Waals surface area contributed by atoms with Gasteiger partial charge in [-0.3, -0.25) is 12.2 Å².